The van der Waals surface area contributed by atoms with E-state index in [9.17, 15) is 14.4 Å². The monoisotopic (exact) mass is 244 g/mol. The van der Waals surface area contributed by atoms with Gasteiger partial charge in [0.15, 0.2) is 5.54 Å². The van der Waals surface area contributed by atoms with Crippen molar-refractivity contribution in [1.82, 2.24) is 10.2 Å². The molecule has 1 saturated heterocycles. The summed E-state index contributed by atoms with van der Waals surface area (Å²) in [7, 11) is 0. The first-order chi connectivity index (χ1) is 7.40. The Morgan fingerprint density at radius 2 is 2.31 bits per heavy atom. The molecule has 0 radical (unpaired) electrons. The van der Waals surface area contributed by atoms with Gasteiger partial charge in [0.2, 0.25) is 12.3 Å². The highest BCUT2D eigenvalue weighted by atomic mass is 32.1. The lowest BCUT2D eigenvalue weighted by atomic mass is 9.92. The van der Waals surface area contributed by atoms with E-state index in [1.165, 1.54) is 6.92 Å². The van der Waals surface area contributed by atoms with Crippen LogP contribution < -0.4 is 5.32 Å². The number of hydrogen-bond acceptors (Lipinski definition) is 4. The Morgan fingerprint density at radius 1 is 1.75 bits per heavy atom. The number of rotatable bonds is 5. The van der Waals surface area contributed by atoms with Gasteiger partial charge in [-0.25, -0.2) is 4.79 Å². The third-order valence-electron chi connectivity index (χ3n) is 2.64. The van der Waals surface area contributed by atoms with Gasteiger partial charge >= 0.3 is 5.97 Å². The van der Waals surface area contributed by atoms with Gasteiger partial charge in [-0.05, 0) is 6.92 Å². The van der Waals surface area contributed by atoms with Gasteiger partial charge in [0.1, 0.15) is 11.4 Å². The fourth-order valence-corrected chi connectivity index (χ4v) is 2.06. The Morgan fingerprint density at radius 3 is 2.62 bits per heavy atom. The molecule has 0 saturated carbocycles. The molecule has 1 aliphatic heterocycles. The molecular formula is C9H12N2O4S. The molecule has 0 aromatic rings. The van der Waals surface area contributed by atoms with Crippen LogP contribution in [0.2, 0.25) is 0 Å². The average molecular weight is 244 g/mol. The van der Waals surface area contributed by atoms with Crippen LogP contribution in [-0.4, -0.2) is 45.2 Å². The maximum atomic E-state index is 11.6. The Balaban J connectivity index is 2.92. The van der Waals surface area contributed by atoms with Gasteiger partial charge in [0.25, 0.3) is 0 Å². The van der Waals surface area contributed by atoms with Crippen molar-refractivity contribution in [2.24, 2.45) is 0 Å². The number of hydrogen-bond donors (Lipinski definition) is 3. The molecule has 0 aromatic carbocycles. The fraction of sp³-hybridized carbons (Fsp3) is 0.444. The summed E-state index contributed by atoms with van der Waals surface area (Å²) in [6.07, 6.45) is 1.54. The number of β-lactam (4-membered cyclic amide) rings is 1. The van der Waals surface area contributed by atoms with Crippen LogP contribution >= 0.6 is 12.6 Å². The molecule has 2 N–H and O–H groups in total. The van der Waals surface area contributed by atoms with Crippen LogP contribution in [-0.2, 0) is 14.4 Å². The molecule has 1 fully saturated rings. The zero-order valence-corrected chi connectivity index (χ0v) is 9.48. The first-order valence-corrected chi connectivity index (χ1v) is 4.99. The molecule has 16 heavy (non-hydrogen) atoms. The van der Waals surface area contributed by atoms with Crippen molar-refractivity contribution < 1.29 is 19.5 Å². The van der Waals surface area contributed by atoms with Crippen LogP contribution in [0.25, 0.3) is 0 Å². The summed E-state index contributed by atoms with van der Waals surface area (Å²) in [4.78, 5) is 33.9. The molecule has 1 heterocycles. The van der Waals surface area contributed by atoms with E-state index in [1.54, 1.807) is 0 Å². The summed E-state index contributed by atoms with van der Waals surface area (Å²) >= 11 is 4.08. The maximum Gasteiger partial charge on any atom is 0.333 e. The standard InChI is InChI=1S/C9H12N2O4S/c1-3-9(2,8(14)15)11-6(13)5(7(11)16)10-4-12/h3-5,7,16H,1H2,2H3,(H,10,12)(H,14,15)/t5-,7+,9+/m0/s1. The normalized spacial score (nSPS) is 27.6. The topological polar surface area (TPSA) is 86.7 Å². The predicted molar refractivity (Wildman–Crippen MR) is 58.8 cm³/mol. The number of likely N-dealkylation sites (tertiary alicyclic amines) is 1. The van der Waals surface area contributed by atoms with Gasteiger partial charge in [-0.2, -0.15) is 12.6 Å². The SMILES string of the molecule is C=C[C@](C)(C(=O)O)N1C(=O)[C@H](NC=O)[C@H]1S. The molecule has 1 aliphatic rings. The van der Waals surface area contributed by atoms with Crippen molar-refractivity contribution in [3.05, 3.63) is 12.7 Å². The lowest BCUT2D eigenvalue weighted by molar-refractivity contribution is -0.166. The van der Waals surface area contributed by atoms with E-state index in [2.05, 4.69) is 24.5 Å². The molecule has 6 nitrogen and oxygen atoms in total. The smallest absolute Gasteiger partial charge is 0.333 e. The van der Waals surface area contributed by atoms with Crippen molar-refractivity contribution in [2.45, 2.75) is 23.9 Å². The molecular weight excluding hydrogens is 232 g/mol. The largest absolute Gasteiger partial charge is 0.479 e. The summed E-state index contributed by atoms with van der Waals surface area (Å²) in [6, 6.07) is -0.778. The van der Waals surface area contributed by atoms with Crippen molar-refractivity contribution in [3.63, 3.8) is 0 Å². The summed E-state index contributed by atoms with van der Waals surface area (Å²) < 4.78 is 0. The third-order valence-corrected chi connectivity index (χ3v) is 3.17. The molecule has 3 atom stereocenters. The number of aliphatic carboxylic acids is 1. The minimum absolute atomic E-state index is 0.384. The first-order valence-electron chi connectivity index (χ1n) is 4.48. The lowest BCUT2D eigenvalue weighted by Gasteiger charge is -2.50. The number of nitrogens with zero attached hydrogens (tertiary/aromatic N) is 1. The minimum atomic E-state index is -1.51. The van der Waals surface area contributed by atoms with E-state index in [0.717, 1.165) is 11.0 Å². The molecule has 0 spiro atoms. The average Bonchev–Trinajstić information content (AvgIpc) is 2.25. The van der Waals surface area contributed by atoms with Crippen LogP contribution in [0.3, 0.4) is 0 Å². The van der Waals surface area contributed by atoms with E-state index in [4.69, 9.17) is 5.11 Å². The van der Waals surface area contributed by atoms with Gasteiger partial charge in [0, 0.05) is 0 Å². The molecule has 0 aliphatic carbocycles. The minimum Gasteiger partial charge on any atom is -0.479 e. The number of carbonyl (C=O) groups is 3. The predicted octanol–water partition coefficient (Wildman–Crippen LogP) is -0.772. The van der Waals surface area contributed by atoms with Gasteiger partial charge in [-0.15, -0.1) is 6.58 Å². The Bertz CT molecular complexity index is 359. The molecule has 0 bridgehead atoms. The van der Waals surface area contributed by atoms with Gasteiger partial charge in [0.05, 0.1) is 0 Å². The van der Waals surface area contributed by atoms with E-state index in [0.29, 0.717) is 6.41 Å². The molecule has 1 rings (SSSR count). The van der Waals surface area contributed by atoms with Crippen molar-refractivity contribution >= 4 is 30.9 Å². The van der Waals surface area contributed by atoms with Crippen LogP contribution in [0.15, 0.2) is 12.7 Å². The second-order valence-electron chi connectivity index (χ2n) is 3.54. The van der Waals surface area contributed by atoms with Crippen molar-refractivity contribution in [1.29, 1.82) is 0 Å². The van der Waals surface area contributed by atoms with Crippen molar-refractivity contribution in [2.75, 3.05) is 0 Å². The van der Waals surface area contributed by atoms with Crippen LogP contribution in [0.5, 0.6) is 0 Å². The summed E-state index contributed by atoms with van der Waals surface area (Å²) in [5.41, 5.74) is -1.51. The van der Waals surface area contributed by atoms with Crippen LogP contribution in [0, 0.1) is 0 Å². The molecule has 0 aromatic heterocycles. The summed E-state index contributed by atoms with van der Waals surface area (Å²) in [5, 5.41) is 10.6. The van der Waals surface area contributed by atoms with E-state index in [1.807, 2.05) is 0 Å². The van der Waals surface area contributed by atoms with Crippen LogP contribution in [0.1, 0.15) is 6.92 Å². The van der Waals surface area contributed by atoms with Crippen molar-refractivity contribution in [3.8, 4) is 0 Å². The van der Waals surface area contributed by atoms with Crippen LogP contribution in [0.4, 0.5) is 0 Å². The summed E-state index contributed by atoms with van der Waals surface area (Å²) in [5.74, 6) is -1.68. The zero-order valence-electron chi connectivity index (χ0n) is 8.58. The van der Waals surface area contributed by atoms with E-state index in [-0.39, 0.29) is 0 Å². The second kappa shape index (κ2) is 4.17. The van der Waals surface area contributed by atoms with E-state index >= 15 is 0 Å². The first kappa shape index (κ1) is 12.6. The highest BCUT2D eigenvalue weighted by Crippen LogP contribution is 2.32. The number of carbonyl (C=O) groups excluding carboxylic acids is 2. The Labute approximate surface area is 97.7 Å². The lowest BCUT2D eigenvalue weighted by Crippen LogP contribution is -2.74. The molecule has 88 valence electrons. The highest BCUT2D eigenvalue weighted by Gasteiger charge is 2.55. The molecule has 7 heteroatoms. The highest BCUT2D eigenvalue weighted by molar-refractivity contribution is 7.81. The summed E-state index contributed by atoms with van der Waals surface area (Å²) in [6.45, 7) is 4.75. The van der Waals surface area contributed by atoms with Gasteiger partial charge in [-0.3, -0.25) is 9.59 Å². The zero-order chi connectivity index (χ0) is 12.5. The number of thiol groups is 1. The fourth-order valence-electron chi connectivity index (χ4n) is 1.50. The molecule has 2 amide bonds. The Kier molecular flexibility index (Phi) is 3.27. The number of amides is 2. The maximum absolute atomic E-state index is 11.6. The number of nitrogens with one attached hydrogen (secondary N) is 1. The third kappa shape index (κ3) is 1.57. The Hall–Kier alpha value is -1.50. The second-order valence-corrected chi connectivity index (χ2v) is 4.07. The van der Waals surface area contributed by atoms with Gasteiger partial charge < -0.3 is 15.3 Å². The van der Waals surface area contributed by atoms with E-state index < -0.39 is 28.8 Å². The number of carboxylic acids is 1. The molecule has 0 unspecified atom stereocenters. The number of carboxylic acid groups (broad SMARTS) is 1. The van der Waals surface area contributed by atoms with Gasteiger partial charge in [-0.1, -0.05) is 6.08 Å². The quantitative estimate of drug-likeness (QED) is 0.256.